The Bertz CT molecular complexity index is 1300. The third-order valence-electron chi connectivity index (χ3n) is 12.2. The third-order valence-corrected chi connectivity index (χ3v) is 12.2. The first-order valence-corrected chi connectivity index (χ1v) is 14.0. The van der Waals surface area contributed by atoms with Gasteiger partial charge in [0.05, 0.1) is 44.2 Å². The summed E-state index contributed by atoms with van der Waals surface area (Å²) in [7, 11) is 1.11. The second-order valence-corrected chi connectivity index (χ2v) is 13.6. The quantitative estimate of drug-likeness (QED) is 0.244. The average Bonchev–Trinajstić information content (AvgIpc) is 3.51. The Hall–Kier alpha value is -2.51. The predicted molar refractivity (Wildman–Crippen MR) is 135 cm³/mol. The summed E-state index contributed by atoms with van der Waals surface area (Å²) >= 11 is 0. The van der Waals surface area contributed by atoms with Crippen LogP contribution in [0.2, 0.25) is 0 Å². The molecule has 5 N–H and O–H groups in total. The molecule has 1 aromatic rings. The summed E-state index contributed by atoms with van der Waals surface area (Å²) in [4.78, 5) is 38.8. The van der Waals surface area contributed by atoms with Gasteiger partial charge in [0.1, 0.15) is 22.9 Å². The molecule has 5 fully saturated rings. The number of carbonyl (C=O) groups is 3. The molecule has 0 unspecified atom stereocenters. The van der Waals surface area contributed by atoms with Crippen molar-refractivity contribution in [3.63, 3.8) is 0 Å². The van der Waals surface area contributed by atoms with E-state index in [0.29, 0.717) is 5.56 Å². The highest BCUT2D eigenvalue weighted by atomic mass is 16.6. The number of fused-ring (bicyclic) bond motifs is 6. The molecule has 41 heavy (non-hydrogen) atoms. The van der Waals surface area contributed by atoms with Crippen LogP contribution in [-0.4, -0.2) is 85.7 Å². The molecule has 4 aliphatic carbocycles. The molecular weight excluding hydrogens is 540 g/mol. The minimum absolute atomic E-state index is 0.126. The van der Waals surface area contributed by atoms with Gasteiger partial charge in [0.2, 0.25) is 0 Å². The van der Waals surface area contributed by atoms with Crippen molar-refractivity contribution >= 4 is 17.9 Å². The van der Waals surface area contributed by atoms with E-state index in [-0.39, 0.29) is 19.3 Å². The van der Waals surface area contributed by atoms with Crippen molar-refractivity contribution in [1.82, 2.24) is 0 Å². The van der Waals surface area contributed by atoms with Gasteiger partial charge < -0.3 is 44.2 Å². The molecule has 0 aromatic carbocycles. The fourth-order valence-electron chi connectivity index (χ4n) is 10.8. The number of aliphatic hydroxyl groups is 5. The maximum Gasteiger partial charge on any atom is 0.335 e. The van der Waals surface area contributed by atoms with E-state index in [1.54, 1.807) is 26.8 Å². The third kappa shape index (κ3) is 2.91. The number of ether oxygens (including phenoxy) is 3. The van der Waals surface area contributed by atoms with Crippen molar-refractivity contribution in [2.24, 2.45) is 34.0 Å². The van der Waals surface area contributed by atoms with Crippen LogP contribution in [0, 0.1) is 34.0 Å². The number of esters is 3. The normalized spacial score (nSPS) is 52.2. The van der Waals surface area contributed by atoms with Crippen molar-refractivity contribution in [3.05, 3.63) is 24.2 Å². The van der Waals surface area contributed by atoms with Gasteiger partial charge in [0.15, 0.2) is 6.10 Å². The van der Waals surface area contributed by atoms with E-state index in [4.69, 9.17) is 18.6 Å². The summed E-state index contributed by atoms with van der Waals surface area (Å²) in [6, 6.07) is 1.60. The SMILES string of the molecule is COC(=O)[C@H](O)[C@H]1[C@@]2(C)C[C@]3(OC(C)=O)[C@H]([C@@H](O)[C@@H]2O)[C@@]2(O)[C@H](CC[C@@]4(C)[C@H](c5ccoc5)OC(=O)C[C@]24O)[C@]13C. The molecule has 1 aliphatic heterocycles. The van der Waals surface area contributed by atoms with Gasteiger partial charge in [-0.3, -0.25) is 9.59 Å². The lowest BCUT2D eigenvalue weighted by Gasteiger charge is -2.66. The second-order valence-electron chi connectivity index (χ2n) is 13.6. The summed E-state index contributed by atoms with van der Waals surface area (Å²) < 4.78 is 22.0. The average molecular weight is 579 g/mol. The zero-order valence-corrected chi connectivity index (χ0v) is 23.7. The van der Waals surface area contributed by atoms with Crippen LogP contribution in [-0.2, 0) is 28.6 Å². The van der Waals surface area contributed by atoms with Crippen LogP contribution < -0.4 is 0 Å². The number of hydrogen-bond donors (Lipinski definition) is 5. The minimum atomic E-state index is -2.35. The molecule has 0 radical (unpaired) electrons. The number of methoxy groups -OCH3 is 1. The maximum absolute atomic E-state index is 13.2. The molecule has 2 bridgehead atoms. The van der Waals surface area contributed by atoms with Gasteiger partial charge >= 0.3 is 17.9 Å². The lowest BCUT2D eigenvalue weighted by molar-refractivity contribution is -0.335. The van der Waals surface area contributed by atoms with E-state index >= 15 is 0 Å². The first-order valence-electron chi connectivity index (χ1n) is 14.0. The first-order chi connectivity index (χ1) is 19.0. The number of aliphatic hydroxyl groups excluding tert-OH is 3. The highest BCUT2D eigenvalue weighted by Gasteiger charge is 2.93. The lowest BCUT2D eigenvalue weighted by Crippen LogP contribution is -2.78. The number of rotatable bonds is 4. The van der Waals surface area contributed by atoms with Crippen LogP contribution in [0.15, 0.2) is 23.0 Å². The minimum Gasteiger partial charge on any atom is -0.472 e. The second kappa shape index (κ2) is 8.31. The molecule has 6 rings (SSSR count). The van der Waals surface area contributed by atoms with E-state index in [1.165, 1.54) is 19.5 Å². The molecule has 1 saturated heterocycles. The first kappa shape index (κ1) is 28.6. The molecule has 1 aromatic heterocycles. The lowest BCUT2D eigenvalue weighted by atomic mass is 9.44. The highest BCUT2D eigenvalue weighted by molar-refractivity contribution is 5.76. The zero-order valence-electron chi connectivity index (χ0n) is 23.7. The summed E-state index contributed by atoms with van der Waals surface area (Å²) in [5.41, 5.74) is -10.0. The predicted octanol–water partition coefficient (Wildman–Crippen LogP) is 0.380. The molecule has 13 atom stereocenters. The van der Waals surface area contributed by atoms with Gasteiger partial charge in [-0.15, -0.1) is 0 Å². The summed E-state index contributed by atoms with van der Waals surface area (Å²) in [5, 5.41) is 60.9. The Morgan fingerprint density at radius 1 is 1.17 bits per heavy atom. The number of carbonyl (C=O) groups excluding carboxylic acids is 3. The highest BCUT2D eigenvalue weighted by Crippen LogP contribution is 2.83. The van der Waals surface area contributed by atoms with Gasteiger partial charge in [-0.2, -0.15) is 0 Å². The fourth-order valence-corrected chi connectivity index (χ4v) is 10.8. The van der Waals surface area contributed by atoms with E-state index < -0.39 is 99.5 Å². The number of furan rings is 1. The summed E-state index contributed by atoms with van der Waals surface area (Å²) in [5.74, 6) is -6.19. The van der Waals surface area contributed by atoms with E-state index in [9.17, 15) is 39.9 Å². The monoisotopic (exact) mass is 578 g/mol. The summed E-state index contributed by atoms with van der Waals surface area (Å²) in [6.45, 7) is 6.14. The number of cyclic esters (lactones) is 1. The molecular formula is C29H38O12. The van der Waals surface area contributed by atoms with Gasteiger partial charge in [0.25, 0.3) is 0 Å². The van der Waals surface area contributed by atoms with Crippen LogP contribution in [0.5, 0.6) is 0 Å². The molecule has 226 valence electrons. The van der Waals surface area contributed by atoms with Crippen molar-refractivity contribution in [2.45, 2.75) is 94.6 Å². The van der Waals surface area contributed by atoms with Gasteiger partial charge in [-0.05, 0) is 25.3 Å². The van der Waals surface area contributed by atoms with Crippen molar-refractivity contribution in [3.8, 4) is 0 Å². The topological polar surface area (TPSA) is 193 Å². The van der Waals surface area contributed by atoms with Crippen LogP contribution in [0.4, 0.5) is 0 Å². The Kier molecular flexibility index (Phi) is 5.80. The maximum atomic E-state index is 13.2. The van der Waals surface area contributed by atoms with Crippen LogP contribution in [0.25, 0.3) is 0 Å². The molecule has 12 heteroatoms. The van der Waals surface area contributed by atoms with Crippen molar-refractivity contribution in [2.75, 3.05) is 7.11 Å². The molecule has 12 nitrogen and oxygen atoms in total. The van der Waals surface area contributed by atoms with Crippen molar-refractivity contribution in [1.29, 1.82) is 0 Å². The van der Waals surface area contributed by atoms with Crippen LogP contribution in [0.1, 0.15) is 65.0 Å². The Balaban J connectivity index is 1.64. The molecule has 2 heterocycles. The Morgan fingerprint density at radius 3 is 2.44 bits per heavy atom. The van der Waals surface area contributed by atoms with Gasteiger partial charge in [-0.1, -0.05) is 20.8 Å². The van der Waals surface area contributed by atoms with Crippen LogP contribution >= 0.6 is 0 Å². The molecule has 5 aliphatic rings. The molecule has 0 spiro atoms. The Morgan fingerprint density at radius 2 is 1.85 bits per heavy atom. The molecule has 4 saturated carbocycles. The number of hydrogen-bond acceptors (Lipinski definition) is 12. The smallest absolute Gasteiger partial charge is 0.335 e. The van der Waals surface area contributed by atoms with Gasteiger partial charge in [0, 0.05) is 40.6 Å². The largest absolute Gasteiger partial charge is 0.472 e. The summed E-state index contributed by atoms with van der Waals surface area (Å²) in [6.07, 6.45) is -3.80. The van der Waals surface area contributed by atoms with Gasteiger partial charge in [-0.25, -0.2) is 4.79 Å². The van der Waals surface area contributed by atoms with E-state index in [0.717, 1.165) is 7.11 Å². The Labute approximate surface area is 236 Å². The van der Waals surface area contributed by atoms with Crippen molar-refractivity contribution < 1.29 is 58.5 Å². The van der Waals surface area contributed by atoms with E-state index in [2.05, 4.69) is 0 Å². The van der Waals surface area contributed by atoms with E-state index in [1.807, 2.05) is 0 Å². The molecule has 0 amide bonds. The zero-order chi connectivity index (χ0) is 30.1. The van der Waals surface area contributed by atoms with Crippen LogP contribution in [0.3, 0.4) is 0 Å². The standard InChI is InChI=1S/C29H38O12/c1-13(30)41-27-12-24(2)19(18(33)23(35)38-5)26(27,4)15-6-8-25(3)22(14-7-9-39-11-14)40-16(31)10-28(25,36)29(15,37)20(27)17(32)21(24)34/h7,9,11,15,17-22,32-34,36-37H,6,8,10,12H2,1-5H3/t15-,17-,18-,19+,20+,21+,22+,24-,25+,26-,27+,28-,29+/m1/s1. The fraction of sp³-hybridized carbons (Fsp3) is 0.759.